The van der Waals surface area contributed by atoms with Crippen molar-refractivity contribution in [2.24, 2.45) is 0 Å². The second kappa shape index (κ2) is 4.76. The number of fused-ring (bicyclic) bond motifs is 1. The first kappa shape index (κ1) is 13.2. The molecule has 2 atom stereocenters. The van der Waals surface area contributed by atoms with Crippen LogP contribution in [0.3, 0.4) is 0 Å². The number of nitrogens with zero attached hydrogens (tertiary/aromatic N) is 4. The van der Waals surface area contributed by atoms with Crippen LogP contribution in [0.2, 0.25) is 0 Å². The van der Waals surface area contributed by atoms with Gasteiger partial charge >= 0.3 is 0 Å². The molecule has 0 aliphatic heterocycles. The molecule has 22 heavy (non-hydrogen) atoms. The van der Waals surface area contributed by atoms with Crippen molar-refractivity contribution in [3.63, 3.8) is 0 Å². The Labute approximate surface area is 127 Å². The molecule has 4 rings (SSSR count). The topological polar surface area (TPSA) is 55.1 Å². The van der Waals surface area contributed by atoms with Crippen molar-refractivity contribution in [2.45, 2.75) is 32.2 Å². The minimum absolute atomic E-state index is 0.183. The monoisotopic (exact) mass is 297 g/mol. The van der Waals surface area contributed by atoms with Gasteiger partial charge in [0.1, 0.15) is 18.0 Å². The van der Waals surface area contributed by atoms with E-state index in [1.807, 2.05) is 19.9 Å². The zero-order valence-corrected chi connectivity index (χ0v) is 12.4. The van der Waals surface area contributed by atoms with Gasteiger partial charge in [-0.25, -0.2) is 9.37 Å². The smallest absolute Gasteiger partial charge is 0.254 e. The number of anilines is 1. The van der Waals surface area contributed by atoms with E-state index >= 15 is 0 Å². The van der Waals surface area contributed by atoms with Gasteiger partial charge in [-0.15, -0.1) is 0 Å². The molecule has 1 saturated carbocycles. The van der Waals surface area contributed by atoms with Gasteiger partial charge in [0.15, 0.2) is 0 Å². The van der Waals surface area contributed by atoms with Crippen LogP contribution in [0, 0.1) is 19.7 Å². The van der Waals surface area contributed by atoms with E-state index in [9.17, 15) is 4.39 Å². The highest BCUT2D eigenvalue weighted by Crippen LogP contribution is 2.43. The SMILES string of the molecule is Cc1nc2ncnn2c(N[C@@H]2C[C@H]2c2cccc(F)c2)c1C. The number of rotatable bonds is 3. The van der Waals surface area contributed by atoms with Gasteiger partial charge in [0.25, 0.3) is 5.78 Å². The predicted molar refractivity (Wildman–Crippen MR) is 81.4 cm³/mol. The molecule has 1 fully saturated rings. The summed E-state index contributed by atoms with van der Waals surface area (Å²) in [6.45, 7) is 3.98. The summed E-state index contributed by atoms with van der Waals surface area (Å²) in [5.41, 5.74) is 3.03. The van der Waals surface area contributed by atoms with Crippen LogP contribution in [0.15, 0.2) is 30.6 Å². The molecule has 6 heteroatoms. The van der Waals surface area contributed by atoms with Crippen molar-refractivity contribution in [1.82, 2.24) is 19.6 Å². The maximum absolute atomic E-state index is 13.3. The van der Waals surface area contributed by atoms with E-state index in [2.05, 4.69) is 20.4 Å². The number of halogens is 1. The van der Waals surface area contributed by atoms with Gasteiger partial charge in [-0.1, -0.05) is 12.1 Å². The third-order valence-electron chi connectivity index (χ3n) is 4.30. The largest absolute Gasteiger partial charge is 0.366 e. The Balaban J connectivity index is 1.63. The maximum atomic E-state index is 13.3. The normalized spacial score (nSPS) is 20.3. The number of hydrogen-bond donors (Lipinski definition) is 1. The van der Waals surface area contributed by atoms with Crippen molar-refractivity contribution >= 4 is 11.6 Å². The Hall–Kier alpha value is -2.50. The van der Waals surface area contributed by atoms with Crippen LogP contribution < -0.4 is 5.32 Å². The summed E-state index contributed by atoms with van der Waals surface area (Å²) in [5, 5.41) is 7.75. The van der Waals surface area contributed by atoms with Crippen LogP contribution in [-0.4, -0.2) is 25.6 Å². The lowest BCUT2D eigenvalue weighted by Gasteiger charge is -2.12. The Morgan fingerprint density at radius 3 is 3.00 bits per heavy atom. The lowest BCUT2D eigenvalue weighted by molar-refractivity contribution is 0.625. The van der Waals surface area contributed by atoms with Gasteiger partial charge in [0.05, 0.1) is 0 Å². The summed E-state index contributed by atoms with van der Waals surface area (Å²) < 4.78 is 15.1. The third kappa shape index (κ3) is 2.11. The fourth-order valence-corrected chi connectivity index (χ4v) is 2.84. The van der Waals surface area contributed by atoms with Crippen molar-refractivity contribution in [3.05, 3.63) is 53.2 Å². The highest BCUT2D eigenvalue weighted by Gasteiger charge is 2.39. The molecule has 0 unspecified atom stereocenters. The fourth-order valence-electron chi connectivity index (χ4n) is 2.84. The van der Waals surface area contributed by atoms with Gasteiger partial charge in [-0.05, 0) is 38.0 Å². The zero-order chi connectivity index (χ0) is 15.3. The molecular formula is C16H16FN5. The molecule has 0 radical (unpaired) electrons. The molecule has 3 aromatic rings. The van der Waals surface area contributed by atoms with E-state index in [0.29, 0.717) is 11.7 Å². The Morgan fingerprint density at radius 2 is 2.18 bits per heavy atom. The lowest BCUT2D eigenvalue weighted by Crippen LogP contribution is -2.12. The van der Waals surface area contributed by atoms with Gasteiger partial charge in [0, 0.05) is 23.2 Å². The average Bonchev–Trinajstić information content (AvgIpc) is 3.12. The number of benzene rings is 1. The second-order valence-electron chi connectivity index (χ2n) is 5.79. The summed E-state index contributed by atoms with van der Waals surface area (Å²) in [4.78, 5) is 8.56. The average molecular weight is 297 g/mol. The molecule has 0 saturated heterocycles. The Kier molecular flexibility index (Phi) is 2.85. The van der Waals surface area contributed by atoms with E-state index < -0.39 is 0 Å². The van der Waals surface area contributed by atoms with E-state index in [1.165, 1.54) is 12.4 Å². The third-order valence-corrected chi connectivity index (χ3v) is 4.30. The fraction of sp³-hybridized carbons (Fsp3) is 0.312. The first-order valence-corrected chi connectivity index (χ1v) is 7.32. The van der Waals surface area contributed by atoms with Crippen molar-refractivity contribution in [3.8, 4) is 0 Å². The molecule has 1 aliphatic carbocycles. The molecule has 0 amide bonds. The van der Waals surface area contributed by atoms with E-state index in [0.717, 1.165) is 29.1 Å². The van der Waals surface area contributed by atoms with E-state index in [4.69, 9.17) is 0 Å². The zero-order valence-electron chi connectivity index (χ0n) is 12.4. The van der Waals surface area contributed by atoms with Crippen LogP contribution in [0.5, 0.6) is 0 Å². The predicted octanol–water partition coefficient (Wildman–Crippen LogP) is 2.85. The van der Waals surface area contributed by atoms with Gasteiger partial charge in [0.2, 0.25) is 0 Å². The van der Waals surface area contributed by atoms with Crippen molar-refractivity contribution in [1.29, 1.82) is 0 Å². The second-order valence-corrected chi connectivity index (χ2v) is 5.79. The highest BCUT2D eigenvalue weighted by molar-refractivity contribution is 5.54. The summed E-state index contributed by atoms with van der Waals surface area (Å²) in [7, 11) is 0. The molecule has 0 spiro atoms. The Bertz CT molecular complexity index is 857. The minimum Gasteiger partial charge on any atom is -0.366 e. The van der Waals surface area contributed by atoms with Crippen LogP contribution in [0.1, 0.15) is 29.2 Å². The molecule has 112 valence electrons. The molecule has 1 aliphatic rings. The van der Waals surface area contributed by atoms with Gasteiger partial charge in [-0.2, -0.15) is 14.6 Å². The summed E-state index contributed by atoms with van der Waals surface area (Å²) >= 11 is 0. The summed E-state index contributed by atoms with van der Waals surface area (Å²) in [5.74, 6) is 1.66. The molecule has 1 aromatic carbocycles. The standard InChI is InChI=1S/C16H16FN5/c1-9-10(2)20-16-18-8-19-22(16)15(9)21-14-7-13(14)11-4-3-5-12(17)6-11/h3-6,8,13-14,21H,7H2,1-2H3/t13-,14+/m0/s1. The molecule has 1 N–H and O–H groups in total. The van der Waals surface area contributed by atoms with E-state index in [-0.39, 0.29) is 11.9 Å². The number of aryl methyl sites for hydroxylation is 1. The van der Waals surface area contributed by atoms with Crippen LogP contribution in [-0.2, 0) is 0 Å². The summed E-state index contributed by atoms with van der Waals surface area (Å²) in [6.07, 6.45) is 2.49. The first-order valence-electron chi connectivity index (χ1n) is 7.32. The van der Waals surface area contributed by atoms with Crippen molar-refractivity contribution in [2.75, 3.05) is 5.32 Å². The van der Waals surface area contributed by atoms with Crippen LogP contribution >= 0.6 is 0 Å². The lowest BCUT2D eigenvalue weighted by atomic mass is 10.1. The highest BCUT2D eigenvalue weighted by atomic mass is 19.1. The maximum Gasteiger partial charge on any atom is 0.254 e. The molecule has 5 nitrogen and oxygen atoms in total. The number of hydrogen-bond acceptors (Lipinski definition) is 4. The number of aromatic nitrogens is 4. The van der Waals surface area contributed by atoms with Crippen molar-refractivity contribution < 1.29 is 4.39 Å². The first-order chi connectivity index (χ1) is 10.6. The molecule has 2 aromatic heterocycles. The van der Waals surface area contributed by atoms with Gasteiger partial charge < -0.3 is 5.32 Å². The molecule has 0 bridgehead atoms. The van der Waals surface area contributed by atoms with Crippen LogP contribution in [0.4, 0.5) is 10.2 Å². The number of nitrogens with one attached hydrogen (secondary N) is 1. The molecule has 2 heterocycles. The Morgan fingerprint density at radius 1 is 1.32 bits per heavy atom. The summed E-state index contributed by atoms with van der Waals surface area (Å²) in [6, 6.07) is 7.11. The minimum atomic E-state index is -0.183. The van der Waals surface area contributed by atoms with Gasteiger partial charge in [-0.3, -0.25) is 0 Å². The van der Waals surface area contributed by atoms with E-state index in [1.54, 1.807) is 16.6 Å². The molecular weight excluding hydrogens is 281 g/mol. The quantitative estimate of drug-likeness (QED) is 0.807. The van der Waals surface area contributed by atoms with Crippen LogP contribution in [0.25, 0.3) is 5.78 Å².